The normalized spacial score (nSPS) is 10.9. The molecule has 0 saturated carbocycles. The predicted octanol–water partition coefficient (Wildman–Crippen LogP) is 4.05. The van der Waals surface area contributed by atoms with Gasteiger partial charge in [-0.15, -0.1) is 21.5 Å². The fraction of sp³-hybridized carbons (Fsp3) is 0.0667. The van der Waals surface area contributed by atoms with Crippen molar-refractivity contribution >= 4 is 28.8 Å². The largest absolute Gasteiger partial charge is 0.410 e. The second-order valence-corrected chi connectivity index (χ2v) is 6.83. The molecule has 4 aromatic rings. The first-order chi connectivity index (χ1) is 12.7. The zero-order valence-corrected chi connectivity index (χ0v) is 14.6. The summed E-state index contributed by atoms with van der Waals surface area (Å²) in [4.78, 5) is 15.4. The van der Waals surface area contributed by atoms with Crippen molar-refractivity contribution in [2.75, 3.05) is 0 Å². The fourth-order valence-corrected chi connectivity index (χ4v) is 3.30. The molecule has 0 N–H and O–H groups in total. The summed E-state index contributed by atoms with van der Waals surface area (Å²) in [6.45, 7) is 0. The Morgan fingerprint density at radius 3 is 2.77 bits per heavy atom. The van der Waals surface area contributed by atoms with Crippen LogP contribution < -0.4 is 0 Å². The van der Waals surface area contributed by atoms with Gasteiger partial charge in [0, 0.05) is 17.7 Å². The highest BCUT2D eigenvalue weighted by atomic mass is 32.2. The molecule has 4 rings (SSSR count). The Morgan fingerprint density at radius 1 is 1.19 bits per heavy atom. The van der Waals surface area contributed by atoms with Gasteiger partial charge in [-0.25, -0.2) is 0 Å². The zero-order valence-electron chi connectivity index (χ0n) is 12.9. The lowest BCUT2D eigenvalue weighted by molar-refractivity contribution is -0.384. The number of rotatable bonds is 6. The quantitative estimate of drug-likeness (QED) is 0.274. The van der Waals surface area contributed by atoms with Crippen LogP contribution in [0, 0.1) is 10.1 Å². The van der Waals surface area contributed by atoms with Gasteiger partial charge < -0.3 is 8.94 Å². The molecule has 0 spiro atoms. The molecular weight excluding hydrogens is 378 g/mol. The third-order valence-electron chi connectivity index (χ3n) is 3.26. The average molecular weight is 387 g/mol. The van der Waals surface area contributed by atoms with Crippen LogP contribution in [0.4, 0.5) is 5.69 Å². The Hall–Kier alpha value is -3.05. The standard InChI is InChI=1S/C15H9N5O4S2/c21-20(22)10-5-3-9(4-6-10)13-16-12(24-19-13)8-26-15-18-17-14(23-15)11-2-1-7-25-11/h1-7H,8H2. The minimum atomic E-state index is -0.461. The first-order valence-corrected chi connectivity index (χ1v) is 9.13. The molecule has 0 aliphatic rings. The summed E-state index contributed by atoms with van der Waals surface area (Å²) in [5.41, 5.74) is 0.638. The Labute approximate surface area is 154 Å². The maximum atomic E-state index is 10.7. The summed E-state index contributed by atoms with van der Waals surface area (Å²) in [5, 5.41) is 24.9. The van der Waals surface area contributed by atoms with Crippen molar-refractivity contribution < 1.29 is 13.9 Å². The van der Waals surface area contributed by atoms with Crippen molar-refractivity contribution in [3.63, 3.8) is 0 Å². The van der Waals surface area contributed by atoms with Gasteiger partial charge in [0.25, 0.3) is 16.8 Å². The lowest BCUT2D eigenvalue weighted by Crippen LogP contribution is -1.88. The van der Waals surface area contributed by atoms with Crippen molar-refractivity contribution in [3.8, 4) is 22.2 Å². The molecule has 11 heteroatoms. The number of nitrogens with zero attached hydrogens (tertiary/aromatic N) is 5. The smallest absolute Gasteiger partial charge is 0.277 e. The number of thiophene rings is 1. The highest BCUT2D eigenvalue weighted by Crippen LogP contribution is 2.28. The van der Waals surface area contributed by atoms with Crippen LogP contribution in [0.15, 0.2) is 55.9 Å². The van der Waals surface area contributed by atoms with Gasteiger partial charge in [0.1, 0.15) is 0 Å². The molecule has 0 aliphatic heterocycles. The van der Waals surface area contributed by atoms with Crippen LogP contribution in [0.1, 0.15) is 5.89 Å². The number of nitro groups is 1. The fourth-order valence-electron chi connectivity index (χ4n) is 2.05. The van der Waals surface area contributed by atoms with Crippen LogP contribution in [0.2, 0.25) is 0 Å². The van der Waals surface area contributed by atoms with E-state index in [1.54, 1.807) is 12.1 Å². The van der Waals surface area contributed by atoms with E-state index in [1.807, 2.05) is 17.5 Å². The molecule has 3 heterocycles. The van der Waals surface area contributed by atoms with E-state index in [0.29, 0.717) is 34.1 Å². The van der Waals surface area contributed by atoms with Crippen LogP contribution in [-0.4, -0.2) is 25.3 Å². The Bertz CT molecular complexity index is 1030. The molecule has 26 heavy (non-hydrogen) atoms. The number of hydrogen-bond acceptors (Lipinski definition) is 10. The van der Waals surface area contributed by atoms with Gasteiger partial charge in [0.15, 0.2) is 0 Å². The topological polar surface area (TPSA) is 121 Å². The molecule has 130 valence electrons. The van der Waals surface area contributed by atoms with Crippen LogP contribution in [0.3, 0.4) is 0 Å². The molecule has 3 aromatic heterocycles. The number of thioether (sulfide) groups is 1. The lowest BCUT2D eigenvalue weighted by Gasteiger charge is -1.93. The monoisotopic (exact) mass is 387 g/mol. The summed E-state index contributed by atoms with van der Waals surface area (Å²) in [7, 11) is 0. The van der Waals surface area contributed by atoms with E-state index in [-0.39, 0.29) is 5.69 Å². The Balaban J connectivity index is 1.41. The van der Waals surface area contributed by atoms with Crippen LogP contribution in [0.25, 0.3) is 22.2 Å². The first-order valence-electron chi connectivity index (χ1n) is 7.26. The van der Waals surface area contributed by atoms with E-state index >= 15 is 0 Å². The minimum Gasteiger partial charge on any atom is -0.410 e. The number of benzene rings is 1. The van der Waals surface area contributed by atoms with Gasteiger partial charge in [0.05, 0.1) is 15.6 Å². The Kier molecular flexibility index (Phi) is 4.46. The van der Waals surface area contributed by atoms with E-state index in [9.17, 15) is 10.1 Å². The van der Waals surface area contributed by atoms with E-state index in [1.165, 1.54) is 35.2 Å². The highest BCUT2D eigenvalue weighted by molar-refractivity contribution is 7.98. The van der Waals surface area contributed by atoms with E-state index in [0.717, 1.165) is 4.88 Å². The molecule has 0 aliphatic carbocycles. The second kappa shape index (κ2) is 7.06. The highest BCUT2D eigenvalue weighted by Gasteiger charge is 2.14. The summed E-state index contributed by atoms with van der Waals surface area (Å²) < 4.78 is 10.8. The average Bonchev–Trinajstić information content (AvgIpc) is 3.40. The maximum Gasteiger partial charge on any atom is 0.277 e. The summed E-state index contributed by atoms with van der Waals surface area (Å²) in [6.07, 6.45) is 0. The SMILES string of the molecule is O=[N+]([O-])c1ccc(-c2noc(CSc3nnc(-c4cccs4)o3)n2)cc1. The molecule has 0 radical (unpaired) electrons. The molecule has 9 nitrogen and oxygen atoms in total. The minimum absolute atomic E-state index is 0.00552. The third-order valence-corrected chi connectivity index (χ3v) is 4.92. The molecular formula is C15H9N5O4S2. The lowest BCUT2D eigenvalue weighted by atomic mass is 10.2. The number of aromatic nitrogens is 4. The number of nitro benzene ring substituents is 1. The van der Waals surface area contributed by atoms with Gasteiger partial charge in [-0.3, -0.25) is 10.1 Å². The summed E-state index contributed by atoms with van der Waals surface area (Å²) in [6, 6.07) is 9.75. The van der Waals surface area contributed by atoms with E-state index in [2.05, 4.69) is 20.3 Å². The van der Waals surface area contributed by atoms with Crippen molar-refractivity contribution in [1.82, 2.24) is 20.3 Å². The third kappa shape index (κ3) is 3.48. The number of non-ortho nitro benzene ring substituents is 1. The van der Waals surface area contributed by atoms with Crippen molar-refractivity contribution in [2.45, 2.75) is 11.0 Å². The molecule has 0 atom stereocenters. The van der Waals surface area contributed by atoms with E-state index in [4.69, 9.17) is 8.94 Å². The van der Waals surface area contributed by atoms with Crippen LogP contribution in [0.5, 0.6) is 0 Å². The van der Waals surface area contributed by atoms with Crippen molar-refractivity contribution in [1.29, 1.82) is 0 Å². The summed E-state index contributed by atoms with van der Waals surface area (Å²) >= 11 is 2.80. The molecule has 0 amide bonds. The van der Waals surface area contributed by atoms with Crippen molar-refractivity contribution in [2.24, 2.45) is 0 Å². The van der Waals surface area contributed by atoms with Gasteiger partial charge >= 0.3 is 0 Å². The number of hydrogen-bond donors (Lipinski definition) is 0. The Morgan fingerprint density at radius 2 is 2.04 bits per heavy atom. The molecule has 0 bridgehead atoms. The van der Waals surface area contributed by atoms with Gasteiger partial charge in [-0.1, -0.05) is 23.0 Å². The molecule has 1 aromatic carbocycles. The molecule has 0 unspecified atom stereocenters. The zero-order chi connectivity index (χ0) is 17.9. The maximum absolute atomic E-state index is 10.7. The van der Waals surface area contributed by atoms with Gasteiger partial charge in [-0.05, 0) is 23.6 Å². The van der Waals surface area contributed by atoms with Gasteiger partial charge in [-0.2, -0.15) is 4.98 Å². The van der Waals surface area contributed by atoms with Crippen LogP contribution in [-0.2, 0) is 5.75 Å². The van der Waals surface area contributed by atoms with Crippen molar-refractivity contribution in [3.05, 3.63) is 57.8 Å². The van der Waals surface area contributed by atoms with E-state index < -0.39 is 4.92 Å². The van der Waals surface area contributed by atoms with Gasteiger partial charge in [0.2, 0.25) is 11.7 Å². The van der Waals surface area contributed by atoms with Crippen LogP contribution >= 0.6 is 23.1 Å². The first kappa shape index (κ1) is 16.4. The predicted molar refractivity (Wildman–Crippen MR) is 93.6 cm³/mol. The molecule has 0 fully saturated rings. The summed E-state index contributed by atoms with van der Waals surface area (Å²) in [5.74, 6) is 1.59. The molecule has 0 saturated heterocycles. The second-order valence-electron chi connectivity index (χ2n) is 4.95.